The third kappa shape index (κ3) is 2.78. The lowest BCUT2D eigenvalue weighted by Crippen LogP contribution is -2.12. The van der Waals surface area contributed by atoms with E-state index in [9.17, 15) is 4.79 Å². The van der Waals surface area contributed by atoms with Gasteiger partial charge in [0.2, 0.25) is 0 Å². The quantitative estimate of drug-likeness (QED) is 0.602. The molecular formula is C19H17N5O. The van der Waals surface area contributed by atoms with E-state index in [4.69, 9.17) is 0 Å². The number of aromatic nitrogens is 4. The summed E-state index contributed by atoms with van der Waals surface area (Å²) in [7, 11) is 0. The molecule has 124 valence electrons. The molecule has 1 amide bonds. The van der Waals surface area contributed by atoms with Crippen molar-refractivity contribution in [1.82, 2.24) is 19.6 Å². The van der Waals surface area contributed by atoms with E-state index in [0.717, 1.165) is 28.3 Å². The van der Waals surface area contributed by atoms with Gasteiger partial charge >= 0.3 is 0 Å². The molecule has 0 aliphatic heterocycles. The van der Waals surface area contributed by atoms with E-state index in [1.165, 1.54) is 0 Å². The number of amides is 1. The summed E-state index contributed by atoms with van der Waals surface area (Å²) in [5.41, 5.74) is 5.65. The van der Waals surface area contributed by atoms with Gasteiger partial charge in [0.25, 0.3) is 5.91 Å². The first-order valence-electron chi connectivity index (χ1n) is 7.99. The van der Waals surface area contributed by atoms with Crippen LogP contribution in [-0.4, -0.2) is 25.5 Å². The second-order valence-electron chi connectivity index (χ2n) is 5.95. The standard InChI is InChI=1S/C19H17N5O/c1-12-10-13(2)24-18(22-12)16(11-21-24)19(25)23-15-7-5-14(6-8-15)17-4-3-9-20-17/h3-11,20H,1-2H3,(H,23,25). The molecule has 0 aliphatic rings. The van der Waals surface area contributed by atoms with Crippen molar-refractivity contribution in [1.29, 1.82) is 0 Å². The molecule has 3 aromatic heterocycles. The van der Waals surface area contributed by atoms with Crippen molar-refractivity contribution < 1.29 is 4.79 Å². The van der Waals surface area contributed by atoms with Crippen molar-refractivity contribution in [3.63, 3.8) is 0 Å². The number of anilines is 1. The maximum Gasteiger partial charge on any atom is 0.261 e. The van der Waals surface area contributed by atoms with E-state index in [1.54, 1.807) is 10.7 Å². The predicted molar refractivity (Wildman–Crippen MR) is 96.6 cm³/mol. The summed E-state index contributed by atoms with van der Waals surface area (Å²) >= 11 is 0. The summed E-state index contributed by atoms with van der Waals surface area (Å²) in [6.45, 7) is 3.84. The highest BCUT2D eigenvalue weighted by atomic mass is 16.1. The molecule has 1 aromatic carbocycles. The molecule has 25 heavy (non-hydrogen) atoms. The maximum atomic E-state index is 12.6. The lowest BCUT2D eigenvalue weighted by Gasteiger charge is -2.06. The van der Waals surface area contributed by atoms with Crippen LogP contribution in [0.3, 0.4) is 0 Å². The lowest BCUT2D eigenvalue weighted by atomic mass is 10.1. The van der Waals surface area contributed by atoms with Gasteiger partial charge in [0, 0.05) is 29.0 Å². The fourth-order valence-electron chi connectivity index (χ4n) is 2.87. The molecule has 0 atom stereocenters. The van der Waals surface area contributed by atoms with Crippen molar-refractivity contribution in [2.24, 2.45) is 0 Å². The summed E-state index contributed by atoms with van der Waals surface area (Å²) in [5, 5.41) is 7.16. The van der Waals surface area contributed by atoms with E-state index in [-0.39, 0.29) is 5.91 Å². The van der Waals surface area contributed by atoms with Gasteiger partial charge in [-0.25, -0.2) is 9.50 Å². The number of H-pyrrole nitrogens is 1. The topological polar surface area (TPSA) is 75.1 Å². The van der Waals surface area contributed by atoms with Crippen molar-refractivity contribution in [2.75, 3.05) is 5.32 Å². The summed E-state index contributed by atoms with van der Waals surface area (Å²) < 4.78 is 1.68. The molecule has 0 aliphatic carbocycles. The smallest absolute Gasteiger partial charge is 0.261 e. The van der Waals surface area contributed by atoms with Gasteiger partial charge in [0.1, 0.15) is 5.56 Å². The molecule has 0 saturated carbocycles. The number of hydrogen-bond acceptors (Lipinski definition) is 3. The number of nitrogens with one attached hydrogen (secondary N) is 2. The Hall–Kier alpha value is -3.41. The van der Waals surface area contributed by atoms with Crippen LogP contribution in [0.15, 0.2) is 54.9 Å². The van der Waals surface area contributed by atoms with Crippen LogP contribution in [0.2, 0.25) is 0 Å². The molecule has 0 radical (unpaired) electrons. The van der Waals surface area contributed by atoms with Crippen molar-refractivity contribution in [3.8, 4) is 11.3 Å². The highest BCUT2D eigenvalue weighted by Gasteiger charge is 2.15. The molecule has 0 saturated heterocycles. The Balaban J connectivity index is 1.60. The Bertz CT molecular complexity index is 1050. The fourth-order valence-corrected chi connectivity index (χ4v) is 2.87. The van der Waals surface area contributed by atoms with Crippen LogP contribution >= 0.6 is 0 Å². The Morgan fingerprint density at radius 1 is 1.16 bits per heavy atom. The van der Waals surface area contributed by atoms with Crippen LogP contribution in [0.1, 0.15) is 21.7 Å². The van der Waals surface area contributed by atoms with Gasteiger partial charge in [-0.05, 0) is 49.7 Å². The van der Waals surface area contributed by atoms with Crippen molar-refractivity contribution in [3.05, 3.63) is 71.8 Å². The number of rotatable bonds is 3. The SMILES string of the molecule is Cc1cc(C)n2ncc(C(=O)Nc3ccc(-c4ccc[nH]4)cc3)c2n1. The minimum Gasteiger partial charge on any atom is -0.361 e. The van der Waals surface area contributed by atoms with E-state index < -0.39 is 0 Å². The molecule has 0 bridgehead atoms. The number of carbonyl (C=O) groups is 1. The van der Waals surface area contributed by atoms with Crippen LogP contribution in [0.25, 0.3) is 16.9 Å². The first kappa shape index (κ1) is 15.1. The van der Waals surface area contributed by atoms with Crippen LogP contribution in [0.5, 0.6) is 0 Å². The van der Waals surface area contributed by atoms with Gasteiger partial charge in [-0.3, -0.25) is 4.79 Å². The summed E-state index contributed by atoms with van der Waals surface area (Å²) in [4.78, 5) is 20.2. The molecule has 0 unspecified atom stereocenters. The minimum atomic E-state index is -0.222. The number of nitrogens with zero attached hydrogens (tertiary/aromatic N) is 3. The number of carbonyl (C=O) groups excluding carboxylic acids is 1. The first-order chi connectivity index (χ1) is 12.1. The summed E-state index contributed by atoms with van der Waals surface area (Å²) in [6.07, 6.45) is 3.44. The second kappa shape index (κ2) is 5.90. The number of aryl methyl sites for hydroxylation is 2. The van der Waals surface area contributed by atoms with Gasteiger partial charge in [-0.1, -0.05) is 12.1 Å². The zero-order valence-corrected chi connectivity index (χ0v) is 13.9. The number of benzene rings is 1. The molecule has 6 nitrogen and oxygen atoms in total. The minimum absolute atomic E-state index is 0.222. The van der Waals surface area contributed by atoms with Crippen LogP contribution in [0, 0.1) is 13.8 Å². The third-order valence-electron chi connectivity index (χ3n) is 4.07. The van der Waals surface area contributed by atoms with Crippen molar-refractivity contribution in [2.45, 2.75) is 13.8 Å². The molecule has 3 heterocycles. The van der Waals surface area contributed by atoms with E-state index in [1.807, 2.05) is 62.5 Å². The van der Waals surface area contributed by atoms with E-state index in [0.29, 0.717) is 11.2 Å². The number of hydrogen-bond donors (Lipinski definition) is 2. The zero-order chi connectivity index (χ0) is 17.4. The molecule has 6 heteroatoms. The Kier molecular flexibility index (Phi) is 3.57. The second-order valence-corrected chi connectivity index (χ2v) is 5.95. The van der Waals surface area contributed by atoms with Crippen molar-refractivity contribution >= 4 is 17.2 Å². The third-order valence-corrected chi connectivity index (χ3v) is 4.07. The van der Waals surface area contributed by atoms with Gasteiger partial charge in [0.15, 0.2) is 5.65 Å². The Labute approximate surface area is 144 Å². The van der Waals surface area contributed by atoms with Crippen LogP contribution in [-0.2, 0) is 0 Å². The Morgan fingerprint density at radius 2 is 1.96 bits per heavy atom. The molecule has 4 aromatic rings. The molecule has 2 N–H and O–H groups in total. The average molecular weight is 331 g/mol. The van der Waals surface area contributed by atoms with Gasteiger partial charge < -0.3 is 10.3 Å². The highest BCUT2D eigenvalue weighted by Crippen LogP contribution is 2.20. The van der Waals surface area contributed by atoms with Crippen LogP contribution in [0.4, 0.5) is 5.69 Å². The first-order valence-corrected chi connectivity index (χ1v) is 7.99. The van der Waals surface area contributed by atoms with Gasteiger partial charge in [-0.15, -0.1) is 0 Å². The van der Waals surface area contributed by atoms with Crippen LogP contribution < -0.4 is 5.32 Å². The predicted octanol–water partition coefficient (Wildman–Crippen LogP) is 3.59. The molecule has 0 fully saturated rings. The van der Waals surface area contributed by atoms with Gasteiger partial charge in [-0.2, -0.15) is 5.10 Å². The normalized spacial score (nSPS) is 11.0. The summed E-state index contributed by atoms with van der Waals surface area (Å²) in [6, 6.07) is 13.6. The zero-order valence-electron chi connectivity index (χ0n) is 13.9. The molecule has 0 spiro atoms. The largest absolute Gasteiger partial charge is 0.361 e. The fraction of sp³-hybridized carbons (Fsp3) is 0.105. The van der Waals surface area contributed by atoms with Gasteiger partial charge in [0.05, 0.1) is 6.20 Å². The van der Waals surface area contributed by atoms with E-state index in [2.05, 4.69) is 20.4 Å². The molecular weight excluding hydrogens is 314 g/mol. The molecule has 4 rings (SSSR count). The number of fused-ring (bicyclic) bond motifs is 1. The lowest BCUT2D eigenvalue weighted by molar-refractivity contribution is 0.102. The monoisotopic (exact) mass is 331 g/mol. The van der Waals surface area contributed by atoms with E-state index >= 15 is 0 Å². The average Bonchev–Trinajstić information content (AvgIpc) is 3.25. The summed E-state index contributed by atoms with van der Waals surface area (Å²) in [5.74, 6) is -0.222. The highest BCUT2D eigenvalue weighted by molar-refractivity contribution is 6.08. The maximum absolute atomic E-state index is 12.6. The Morgan fingerprint density at radius 3 is 2.68 bits per heavy atom. The number of aromatic amines is 1.